The summed E-state index contributed by atoms with van der Waals surface area (Å²) in [4.78, 5) is 0. The fourth-order valence-electron chi connectivity index (χ4n) is 1.62. The van der Waals surface area contributed by atoms with Crippen LogP contribution in [0.25, 0.3) is 6.08 Å². The molecule has 1 aromatic rings. The molecule has 0 saturated carbocycles. The molecule has 0 saturated heterocycles. The monoisotopic (exact) mass is 186 g/mol. The zero-order valence-corrected chi connectivity index (χ0v) is 8.99. The highest BCUT2D eigenvalue weighted by Gasteiger charge is 2.26. The molecule has 0 aromatic heterocycles. The molecule has 0 aliphatic carbocycles. The van der Waals surface area contributed by atoms with E-state index in [4.69, 9.17) is 5.32 Å². The summed E-state index contributed by atoms with van der Waals surface area (Å²) >= 11 is 0. The molecule has 1 heterocycles. The highest BCUT2D eigenvalue weighted by molar-refractivity contribution is 5.66. The Balaban J connectivity index is 2.30. The summed E-state index contributed by atoms with van der Waals surface area (Å²) < 4.78 is 0. The Labute approximate surface area is 85.8 Å². The predicted octanol–water partition coefficient (Wildman–Crippen LogP) is 3.36. The highest BCUT2D eigenvalue weighted by Crippen LogP contribution is 2.30. The topological polar surface area (TPSA) is 14.1 Å². The van der Waals surface area contributed by atoms with Crippen LogP contribution in [0.5, 0.6) is 0 Å². The van der Waals surface area contributed by atoms with Gasteiger partial charge in [0.15, 0.2) is 0 Å². The predicted molar refractivity (Wildman–Crippen MR) is 60.5 cm³/mol. The second kappa shape index (κ2) is 3.16. The normalized spacial score (nSPS) is 20.1. The van der Waals surface area contributed by atoms with Crippen LogP contribution in [0.1, 0.15) is 26.3 Å². The van der Waals surface area contributed by atoms with Crippen LogP contribution >= 0.6 is 0 Å². The van der Waals surface area contributed by atoms with Crippen molar-refractivity contribution < 1.29 is 0 Å². The molecule has 0 fully saturated rings. The molecule has 2 rings (SSSR count). The van der Waals surface area contributed by atoms with E-state index in [2.05, 4.69) is 51.1 Å². The summed E-state index contributed by atoms with van der Waals surface area (Å²) in [7, 11) is 0. The highest BCUT2D eigenvalue weighted by atomic mass is 14.9. The molecule has 1 unspecified atom stereocenters. The zero-order valence-electron chi connectivity index (χ0n) is 8.99. The van der Waals surface area contributed by atoms with Crippen LogP contribution in [0.4, 0.5) is 5.69 Å². The first-order chi connectivity index (χ1) is 6.57. The van der Waals surface area contributed by atoms with E-state index in [0.717, 1.165) is 5.69 Å². The van der Waals surface area contributed by atoms with Gasteiger partial charge in [-0.1, -0.05) is 51.1 Å². The van der Waals surface area contributed by atoms with Crippen molar-refractivity contribution in [1.29, 1.82) is 0 Å². The fraction of sp³-hybridized carbons (Fsp3) is 0.385. The maximum Gasteiger partial charge on any atom is 0.0738 e. The van der Waals surface area contributed by atoms with Crippen molar-refractivity contribution in [3.63, 3.8) is 0 Å². The van der Waals surface area contributed by atoms with Crippen LogP contribution in [0.15, 0.2) is 30.3 Å². The largest absolute Gasteiger partial charge is 0.277 e. The molecule has 1 nitrogen and oxygen atoms in total. The Morgan fingerprint density at radius 1 is 1.14 bits per heavy atom. The van der Waals surface area contributed by atoms with E-state index >= 15 is 0 Å². The van der Waals surface area contributed by atoms with Gasteiger partial charge < -0.3 is 0 Å². The molecular weight excluding hydrogens is 170 g/mol. The maximum atomic E-state index is 4.73. The molecular formula is C13H16N. The molecule has 73 valence electrons. The first kappa shape index (κ1) is 9.32. The third-order valence-electron chi connectivity index (χ3n) is 2.56. The Hall–Kier alpha value is -1.24. The Morgan fingerprint density at radius 3 is 2.57 bits per heavy atom. The lowest BCUT2D eigenvalue weighted by atomic mass is 9.84. The SMILES string of the molecule is CC(C)(C)C1C=Cc2ccccc2[N]1. The Morgan fingerprint density at radius 2 is 1.86 bits per heavy atom. The average Bonchev–Trinajstić information content (AvgIpc) is 2.16. The van der Waals surface area contributed by atoms with Gasteiger partial charge in [0.2, 0.25) is 0 Å². The van der Waals surface area contributed by atoms with Gasteiger partial charge in [0, 0.05) is 0 Å². The maximum absolute atomic E-state index is 4.73. The van der Waals surface area contributed by atoms with Crippen LogP contribution in [0.3, 0.4) is 0 Å². The summed E-state index contributed by atoms with van der Waals surface area (Å²) in [5.74, 6) is 0. The lowest BCUT2D eigenvalue weighted by Gasteiger charge is -2.30. The van der Waals surface area contributed by atoms with E-state index in [1.54, 1.807) is 0 Å². The van der Waals surface area contributed by atoms with Crippen LogP contribution in [-0.4, -0.2) is 6.04 Å². The van der Waals surface area contributed by atoms with E-state index in [0.29, 0.717) is 6.04 Å². The van der Waals surface area contributed by atoms with Crippen molar-refractivity contribution in [2.45, 2.75) is 26.8 Å². The number of benzene rings is 1. The van der Waals surface area contributed by atoms with Crippen LogP contribution in [-0.2, 0) is 0 Å². The van der Waals surface area contributed by atoms with Crippen molar-refractivity contribution >= 4 is 11.8 Å². The third-order valence-corrected chi connectivity index (χ3v) is 2.56. The van der Waals surface area contributed by atoms with Crippen molar-refractivity contribution in [3.05, 3.63) is 35.9 Å². The van der Waals surface area contributed by atoms with Gasteiger partial charge >= 0.3 is 0 Å². The van der Waals surface area contributed by atoms with E-state index < -0.39 is 0 Å². The first-order valence-electron chi connectivity index (χ1n) is 5.05. The van der Waals surface area contributed by atoms with Gasteiger partial charge in [0.1, 0.15) is 0 Å². The van der Waals surface area contributed by atoms with Gasteiger partial charge in [0.25, 0.3) is 0 Å². The molecule has 1 radical (unpaired) electrons. The average molecular weight is 186 g/mol. The summed E-state index contributed by atoms with van der Waals surface area (Å²) in [6.07, 6.45) is 4.38. The quantitative estimate of drug-likeness (QED) is 0.590. The van der Waals surface area contributed by atoms with Crippen molar-refractivity contribution in [2.75, 3.05) is 0 Å². The number of para-hydroxylation sites is 1. The summed E-state index contributed by atoms with van der Waals surface area (Å²) in [5.41, 5.74) is 2.56. The minimum atomic E-state index is 0.212. The third kappa shape index (κ3) is 1.67. The standard InChI is InChI=1S/C13H16N/c1-13(2,3)12-9-8-10-6-4-5-7-11(10)14-12/h4-9,12H,1-3H3. The van der Waals surface area contributed by atoms with Gasteiger partial charge in [-0.3, -0.25) is 5.32 Å². The fourth-order valence-corrected chi connectivity index (χ4v) is 1.62. The molecule has 1 aromatic carbocycles. The van der Waals surface area contributed by atoms with Gasteiger partial charge in [-0.05, 0) is 17.0 Å². The smallest absolute Gasteiger partial charge is 0.0738 e. The van der Waals surface area contributed by atoms with E-state index in [9.17, 15) is 0 Å². The molecule has 1 heteroatoms. The second-order valence-corrected chi connectivity index (χ2v) is 4.86. The van der Waals surface area contributed by atoms with Crippen LogP contribution in [0, 0.1) is 5.41 Å². The van der Waals surface area contributed by atoms with E-state index in [-0.39, 0.29) is 5.41 Å². The molecule has 1 aliphatic rings. The number of hydrogen-bond acceptors (Lipinski definition) is 0. The summed E-state index contributed by atoms with van der Waals surface area (Å²) in [6.45, 7) is 6.66. The molecule has 1 atom stereocenters. The van der Waals surface area contributed by atoms with Crippen molar-refractivity contribution in [1.82, 2.24) is 5.32 Å². The molecule has 0 bridgehead atoms. The van der Waals surface area contributed by atoms with E-state index in [1.165, 1.54) is 5.56 Å². The minimum Gasteiger partial charge on any atom is -0.277 e. The minimum absolute atomic E-state index is 0.212. The van der Waals surface area contributed by atoms with Gasteiger partial charge in [0.05, 0.1) is 11.7 Å². The molecule has 14 heavy (non-hydrogen) atoms. The lowest BCUT2D eigenvalue weighted by molar-refractivity contribution is 0.334. The molecule has 0 amide bonds. The van der Waals surface area contributed by atoms with E-state index in [1.807, 2.05) is 6.07 Å². The second-order valence-electron chi connectivity index (χ2n) is 4.86. The van der Waals surface area contributed by atoms with Gasteiger partial charge in [-0.2, -0.15) is 0 Å². The number of rotatable bonds is 0. The zero-order chi connectivity index (χ0) is 10.2. The van der Waals surface area contributed by atoms with Crippen LogP contribution < -0.4 is 5.32 Å². The van der Waals surface area contributed by atoms with Crippen molar-refractivity contribution in [2.24, 2.45) is 5.41 Å². The molecule has 1 aliphatic heterocycles. The lowest BCUT2D eigenvalue weighted by Crippen LogP contribution is -2.32. The molecule has 0 spiro atoms. The summed E-state index contributed by atoms with van der Waals surface area (Å²) in [6, 6.07) is 8.58. The number of fused-ring (bicyclic) bond motifs is 1. The van der Waals surface area contributed by atoms with Gasteiger partial charge in [-0.15, -0.1) is 0 Å². The van der Waals surface area contributed by atoms with Crippen molar-refractivity contribution in [3.8, 4) is 0 Å². The molecule has 0 N–H and O–H groups in total. The van der Waals surface area contributed by atoms with Gasteiger partial charge in [-0.25, -0.2) is 0 Å². The number of nitrogens with zero attached hydrogens (tertiary/aromatic N) is 1. The number of hydrogen-bond donors (Lipinski definition) is 0. The first-order valence-corrected chi connectivity index (χ1v) is 5.05. The van der Waals surface area contributed by atoms with Crippen LogP contribution in [0.2, 0.25) is 0 Å². The summed E-state index contributed by atoms with van der Waals surface area (Å²) in [5, 5.41) is 4.73. The Kier molecular flexibility index (Phi) is 2.10. The Bertz CT molecular complexity index is 358.